The van der Waals surface area contributed by atoms with Crippen molar-refractivity contribution in [3.8, 4) is 27.8 Å². The third-order valence-electron chi connectivity index (χ3n) is 3.25. The maximum absolute atomic E-state index is 12.4. The molecule has 0 fully saturated rings. The van der Waals surface area contributed by atoms with Crippen molar-refractivity contribution in [2.45, 2.75) is 0 Å². The highest BCUT2D eigenvalue weighted by molar-refractivity contribution is 7.13. The van der Waals surface area contributed by atoms with Crippen molar-refractivity contribution in [1.29, 1.82) is 0 Å². The summed E-state index contributed by atoms with van der Waals surface area (Å²) < 4.78 is 10.4. The number of fused-ring (bicyclic) bond motifs is 1. The van der Waals surface area contributed by atoms with Crippen LogP contribution >= 0.6 is 11.3 Å². The molecule has 2 aromatic heterocycles. The van der Waals surface area contributed by atoms with Gasteiger partial charge in [-0.2, -0.15) is 0 Å². The van der Waals surface area contributed by atoms with Crippen LogP contribution in [-0.4, -0.2) is 24.3 Å². The highest BCUT2D eigenvalue weighted by atomic mass is 32.1. The van der Waals surface area contributed by atoms with Gasteiger partial charge in [0.1, 0.15) is 5.69 Å². The fraction of sp³-hybridized carbons (Fsp3) is 0.133. The van der Waals surface area contributed by atoms with Gasteiger partial charge in [-0.15, -0.1) is 11.3 Å². The third-order valence-corrected chi connectivity index (χ3v) is 4.13. The Balaban J connectivity index is 2.36. The second-order valence-electron chi connectivity index (χ2n) is 4.41. The Labute approximate surface area is 124 Å². The molecular weight excluding hydrogens is 290 g/mol. The lowest BCUT2D eigenvalue weighted by Gasteiger charge is -2.10. The van der Waals surface area contributed by atoms with E-state index in [4.69, 9.17) is 9.47 Å². The minimum Gasteiger partial charge on any atom is -0.503 e. The van der Waals surface area contributed by atoms with Gasteiger partial charge in [0, 0.05) is 6.07 Å². The molecule has 0 saturated heterocycles. The molecule has 0 atom stereocenters. The zero-order valence-corrected chi connectivity index (χ0v) is 12.3. The molecule has 0 radical (unpaired) electrons. The van der Waals surface area contributed by atoms with Gasteiger partial charge in [-0.05, 0) is 17.5 Å². The molecule has 0 aliphatic heterocycles. The van der Waals surface area contributed by atoms with Crippen LogP contribution in [-0.2, 0) is 0 Å². The van der Waals surface area contributed by atoms with Gasteiger partial charge in [0.25, 0.3) is 0 Å². The lowest BCUT2D eigenvalue weighted by molar-refractivity contribution is 0.355. The van der Waals surface area contributed by atoms with Crippen molar-refractivity contribution in [1.82, 2.24) is 4.98 Å². The summed E-state index contributed by atoms with van der Waals surface area (Å²) >= 11 is 1.44. The van der Waals surface area contributed by atoms with Gasteiger partial charge in [-0.1, -0.05) is 6.07 Å². The van der Waals surface area contributed by atoms with E-state index in [1.54, 1.807) is 12.1 Å². The van der Waals surface area contributed by atoms with E-state index in [9.17, 15) is 9.90 Å². The average Bonchev–Trinajstić information content (AvgIpc) is 3.03. The van der Waals surface area contributed by atoms with Gasteiger partial charge in [0.05, 0.1) is 30.0 Å². The van der Waals surface area contributed by atoms with Crippen molar-refractivity contribution in [2.75, 3.05) is 14.2 Å². The highest BCUT2D eigenvalue weighted by Crippen LogP contribution is 2.34. The molecule has 6 heteroatoms. The second-order valence-corrected chi connectivity index (χ2v) is 5.36. The number of aromatic nitrogens is 1. The number of benzene rings is 1. The summed E-state index contributed by atoms with van der Waals surface area (Å²) in [5.74, 6) is 0.666. The molecule has 21 heavy (non-hydrogen) atoms. The molecule has 1 aromatic carbocycles. The Bertz CT molecular complexity index is 852. The maximum Gasteiger partial charge on any atom is 0.231 e. The number of hydrogen-bond acceptors (Lipinski definition) is 5. The molecule has 0 amide bonds. The van der Waals surface area contributed by atoms with Crippen molar-refractivity contribution in [3.63, 3.8) is 0 Å². The van der Waals surface area contributed by atoms with E-state index in [0.29, 0.717) is 28.1 Å². The van der Waals surface area contributed by atoms with E-state index in [1.807, 2.05) is 17.5 Å². The van der Waals surface area contributed by atoms with E-state index in [0.717, 1.165) is 4.88 Å². The Hall–Kier alpha value is -2.47. The molecule has 2 N–H and O–H groups in total. The van der Waals surface area contributed by atoms with Crippen LogP contribution in [0.15, 0.2) is 34.4 Å². The van der Waals surface area contributed by atoms with Crippen molar-refractivity contribution < 1.29 is 14.6 Å². The van der Waals surface area contributed by atoms with E-state index in [-0.39, 0.29) is 5.75 Å². The van der Waals surface area contributed by atoms with Gasteiger partial charge in [-0.3, -0.25) is 4.79 Å². The van der Waals surface area contributed by atoms with Gasteiger partial charge >= 0.3 is 0 Å². The first-order valence-electron chi connectivity index (χ1n) is 6.20. The lowest BCUT2D eigenvalue weighted by Crippen LogP contribution is -2.05. The number of aromatic amines is 1. The molecule has 0 bridgehead atoms. The molecule has 108 valence electrons. The van der Waals surface area contributed by atoms with Gasteiger partial charge < -0.3 is 19.6 Å². The predicted octanol–water partition coefficient (Wildman–Crippen LogP) is 2.98. The Kier molecular flexibility index (Phi) is 3.31. The summed E-state index contributed by atoms with van der Waals surface area (Å²) in [7, 11) is 3.03. The average molecular weight is 303 g/mol. The monoisotopic (exact) mass is 303 g/mol. The summed E-state index contributed by atoms with van der Waals surface area (Å²) in [4.78, 5) is 16.2. The molecule has 3 rings (SSSR count). The highest BCUT2D eigenvalue weighted by Gasteiger charge is 2.16. The zero-order valence-electron chi connectivity index (χ0n) is 11.5. The third kappa shape index (κ3) is 2.13. The molecule has 0 aliphatic carbocycles. The fourth-order valence-electron chi connectivity index (χ4n) is 2.20. The predicted molar refractivity (Wildman–Crippen MR) is 82.7 cm³/mol. The number of rotatable bonds is 3. The van der Waals surface area contributed by atoms with Crippen LogP contribution in [0.25, 0.3) is 21.5 Å². The molecule has 5 nitrogen and oxygen atoms in total. The molecule has 3 aromatic rings. The van der Waals surface area contributed by atoms with Crippen LogP contribution in [0.2, 0.25) is 0 Å². The minimum absolute atomic E-state index is 0.294. The summed E-state index contributed by atoms with van der Waals surface area (Å²) in [6.45, 7) is 0. The first kappa shape index (κ1) is 13.5. The number of pyridine rings is 1. The summed E-state index contributed by atoms with van der Waals surface area (Å²) in [5.41, 5.74) is 0.557. The number of aromatic hydroxyl groups is 1. The van der Waals surface area contributed by atoms with Crippen LogP contribution in [0, 0.1) is 0 Å². The first-order chi connectivity index (χ1) is 10.2. The first-order valence-corrected chi connectivity index (χ1v) is 7.08. The Morgan fingerprint density at radius 2 is 1.90 bits per heavy atom. The SMILES string of the molecule is COc1cc2[nH]c(-c3cccs3)c(O)c(=O)c2cc1OC. The number of H-pyrrole nitrogens is 1. The Morgan fingerprint density at radius 1 is 1.19 bits per heavy atom. The van der Waals surface area contributed by atoms with Crippen LogP contribution < -0.4 is 14.9 Å². The largest absolute Gasteiger partial charge is 0.503 e. The van der Waals surface area contributed by atoms with Crippen LogP contribution in [0.4, 0.5) is 0 Å². The number of methoxy groups -OCH3 is 2. The maximum atomic E-state index is 12.4. The van der Waals surface area contributed by atoms with E-state index in [1.165, 1.54) is 25.6 Å². The zero-order chi connectivity index (χ0) is 15.0. The van der Waals surface area contributed by atoms with Crippen molar-refractivity contribution in [2.24, 2.45) is 0 Å². The topological polar surface area (TPSA) is 71.5 Å². The number of thiophene rings is 1. The molecular formula is C15H13NO4S. The van der Waals surface area contributed by atoms with Crippen LogP contribution in [0.3, 0.4) is 0 Å². The second kappa shape index (κ2) is 5.14. The summed E-state index contributed by atoms with van der Waals surface area (Å²) in [6.07, 6.45) is 0. The lowest BCUT2D eigenvalue weighted by atomic mass is 10.1. The molecule has 2 heterocycles. The van der Waals surface area contributed by atoms with Crippen molar-refractivity contribution in [3.05, 3.63) is 39.9 Å². The number of ether oxygens (including phenoxy) is 2. The minimum atomic E-state index is -0.437. The van der Waals surface area contributed by atoms with Gasteiger partial charge in [-0.25, -0.2) is 0 Å². The van der Waals surface area contributed by atoms with Crippen molar-refractivity contribution >= 4 is 22.2 Å². The van der Waals surface area contributed by atoms with Crippen LogP contribution in [0.1, 0.15) is 0 Å². The normalized spacial score (nSPS) is 10.8. The van der Waals surface area contributed by atoms with Crippen LogP contribution in [0.5, 0.6) is 17.2 Å². The molecule has 0 aliphatic rings. The Morgan fingerprint density at radius 3 is 2.52 bits per heavy atom. The smallest absolute Gasteiger partial charge is 0.231 e. The van der Waals surface area contributed by atoms with E-state index >= 15 is 0 Å². The van der Waals surface area contributed by atoms with E-state index < -0.39 is 5.43 Å². The molecule has 0 unspecified atom stereocenters. The van der Waals surface area contributed by atoms with Gasteiger partial charge in [0.2, 0.25) is 5.43 Å². The molecule has 0 spiro atoms. The van der Waals surface area contributed by atoms with E-state index in [2.05, 4.69) is 4.98 Å². The quantitative estimate of drug-likeness (QED) is 0.780. The molecule has 0 saturated carbocycles. The summed E-state index contributed by atoms with van der Waals surface area (Å²) in [5, 5.41) is 12.4. The van der Waals surface area contributed by atoms with Gasteiger partial charge in [0.15, 0.2) is 17.2 Å². The fourth-order valence-corrected chi connectivity index (χ4v) is 2.93. The number of hydrogen-bond donors (Lipinski definition) is 2. The standard InChI is InChI=1S/C15H13NO4S/c1-19-10-6-8-9(7-11(10)20-2)16-13(15(18)14(8)17)12-4-3-5-21-12/h3-7,18H,1-2H3,(H,16,17). The number of nitrogens with one attached hydrogen (secondary N) is 1. The summed E-state index contributed by atoms with van der Waals surface area (Å²) in [6, 6.07) is 6.94.